The number of para-hydroxylation sites is 1. The van der Waals surface area contributed by atoms with E-state index in [1.807, 2.05) is 28.3 Å². The van der Waals surface area contributed by atoms with Crippen LogP contribution in [0, 0.1) is 0 Å². The zero-order valence-electron chi connectivity index (χ0n) is 15.6. The van der Waals surface area contributed by atoms with Gasteiger partial charge in [0.15, 0.2) is 5.69 Å². The third-order valence-corrected chi connectivity index (χ3v) is 6.30. The van der Waals surface area contributed by atoms with Gasteiger partial charge in [-0.15, -0.1) is 11.3 Å². The minimum atomic E-state index is -4.34. The normalized spacial score (nSPS) is 12.1. The van der Waals surface area contributed by atoms with Crippen molar-refractivity contribution in [2.45, 2.75) is 25.4 Å². The van der Waals surface area contributed by atoms with Crippen LogP contribution in [0.5, 0.6) is 0 Å². The van der Waals surface area contributed by atoms with Gasteiger partial charge in [0.1, 0.15) is 0 Å². The molecular formula is C19H18F3N3O3S2. The van der Waals surface area contributed by atoms with Crippen molar-refractivity contribution in [2.24, 2.45) is 0 Å². The largest absolute Gasteiger partial charge is 0.389 e. The van der Waals surface area contributed by atoms with Gasteiger partial charge >= 0.3 is 6.18 Å². The van der Waals surface area contributed by atoms with E-state index in [1.165, 1.54) is 22.1 Å². The molecule has 0 atom stereocenters. The van der Waals surface area contributed by atoms with Gasteiger partial charge in [-0.05, 0) is 42.5 Å². The predicted molar refractivity (Wildman–Crippen MR) is 108 cm³/mol. The van der Waals surface area contributed by atoms with Gasteiger partial charge in [-0.3, -0.25) is 4.79 Å². The van der Waals surface area contributed by atoms with Gasteiger partial charge in [-0.1, -0.05) is 24.3 Å². The summed E-state index contributed by atoms with van der Waals surface area (Å²) in [4.78, 5) is 13.3. The number of carbonyl (C=O) groups is 1. The van der Waals surface area contributed by atoms with Gasteiger partial charge in [0.2, 0.25) is 10.0 Å². The molecule has 2 heterocycles. The van der Waals surface area contributed by atoms with E-state index in [9.17, 15) is 26.4 Å². The number of hydrogen-bond acceptors (Lipinski definition) is 5. The lowest BCUT2D eigenvalue weighted by molar-refractivity contribution is -0.135. The third-order valence-electron chi connectivity index (χ3n) is 4.09. The molecule has 6 nitrogen and oxygen atoms in total. The molecule has 30 heavy (non-hydrogen) atoms. The predicted octanol–water partition coefficient (Wildman–Crippen LogP) is 4.39. The maximum Gasteiger partial charge on any atom is 0.389 e. The maximum absolute atomic E-state index is 12.5. The van der Waals surface area contributed by atoms with Crippen molar-refractivity contribution < 1.29 is 26.4 Å². The molecule has 0 unspecified atom stereocenters. The minimum Gasteiger partial charge on any atom is -0.266 e. The van der Waals surface area contributed by atoms with Gasteiger partial charge in [0.05, 0.1) is 22.0 Å². The Bertz CT molecular complexity index is 1090. The van der Waals surface area contributed by atoms with Crippen molar-refractivity contribution in [1.29, 1.82) is 0 Å². The highest BCUT2D eigenvalue weighted by Crippen LogP contribution is 2.28. The van der Waals surface area contributed by atoms with Crippen LogP contribution >= 0.6 is 11.3 Å². The van der Waals surface area contributed by atoms with E-state index in [-0.39, 0.29) is 18.5 Å². The van der Waals surface area contributed by atoms with E-state index in [1.54, 1.807) is 24.3 Å². The Morgan fingerprint density at radius 3 is 2.47 bits per heavy atom. The molecule has 160 valence electrons. The molecule has 2 aromatic heterocycles. The number of aromatic nitrogens is 2. The van der Waals surface area contributed by atoms with Crippen molar-refractivity contribution >= 4 is 27.3 Å². The number of unbranched alkanes of at least 4 members (excludes halogenated alkanes) is 1. The molecule has 1 N–H and O–H groups in total. The quantitative estimate of drug-likeness (QED) is 0.509. The summed E-state index contributed by atoms with van der Waals surface area (Å²) in [5, 5.41) is 6.11. The Morgan fingerprint density at radius 2 is 1.83 bits per heavy atom. The number of thiophene rings is 1. The number of hydrogen-bond donors (Lipinski definition) is 1. The van der Waals surface area contributed by atoms with Crippen LogP contribution < -0.4 is 4.72 Å². The number of nitrogens with zero attached hydrogens (tertiary/aromatic N) is 2. The summed E-state index contributed by atoms with van der Waals surface area (Å²) < 4.78 is 64.1. The lowest BCUT2D eigenvalue weighted by Crippen LogP contribution is -2.33. The van der Waals surface area contributed by atoms with Crippen molar-refractivity contribution in [3.05, 3.63) is 59.6 Å². The molecule has 0 saturated carbocycles. The summed E-state index contributed by atoms with van der Waals surface area (Å²) in [6.45, 7) is 0. The second kappa shape index (κ2) is 9.00. The number of halogens is 3. The molecule has 0 aliphatic heterocycles. The average molecular weight is 457 g/mol. The topological polar surface area (TPSA) is 81.1 Å². The Morgan fingerprint density at radius 1 is 1.10 bits per heavy atom. The zero-order chi connectivity index (χ0) is 21.8. The van der Waals surface area contributed by atoms with Crippen molar-refractivity contribution in [3.63, 3.8) is 0 Å². The number of sulfonamides is 1. The lowest BCUT2D eigenvalue weighted by atomic mass is 10.2. The van der Waals surface area contributed by atoms with Gasteiger partial charge in [0, 0.05) is 6.42 Å². The van der Waals surface area contributed by atoms with Crippen molar-refractivity contribution in [1.82, 2.24) is 14.5 Å². The molecule has 0 aliphatic rings. The molecule has 1 aromatic carbocycles. The molecule has 0 saturated heterocycles. The fourth-order valence-corrected chi connectivity index (χ4v) is 4.52. The minimum absolute atomic E-state index is 0.110. The SMILES string of the molecule is O=C(NS(=O)(=O)CCCCC(F)(F)F)c1cc(-c2cccs2)n(-c2ccccc2)n1. The number of rotatable bonds is 8. The van der Waals surface area contributed by atoms with Crippen molar-refractivity contribution in [3.8, 4) is 16.3 Å². The Hall–Kier alpha value is -2.66. The number of carbonyl (C=O) groups excluding carboxylic acids is 1. The first-order valence-electron chi connectivity index (χ1n) is 8.95. The van der Waals surface area contributed by atoms with E-state index in [0.29, 0.717) is 11.4 Å². The standard InChI is InChI=1S/C19H18F3N3O3S2/c20-19(21,22)10-4-5-12-30(27,28)24-18(26)15-13-16(17-9-6-11-29-17)25(23-15)14-7-2-1-3-8-14/h1-3,6-9,11,13H,4-5,10,12H2,(H,24,26). The Balaban J connectivity index is 1.76. The monoisotopic (exact) mass is 457 g/mol. The van der Waals surface area contributed by atoms with Crippen LogP contribution in [0.2, 0.25) is 0 Å². The van der Waals surface area contributed by atoms with E-state index >= 15 is 0 Å². The highest BCUT2D eigenvalue weighted by Gasteiger charge is 2.27. The van der Waals surface area contributed by atoms with Gasteiger partial charge in [0.25, 0.3) is 5.91 Å². The molecule has 3 aromatic rings. The summed E-state index contributed by atoms with van der Waals surface area (Å²) in [6, 6.07) is 14.2. The second-order valence-electron chi connectivity index (χ2n) is 6.46. The summed E-state index contributed by atoms with van der Waals surface area (Å²) in [6.07, 6.45) is -5.94. The summed E-state index contributed by atoms with van der Waals surface area (Å²) in [5.41, 5.74) is 1.19. The summed E-state index contributed by atoms with van der Waals surface area (Å²) in [5.74, 6) is -1.51. The van der Waals surface area contributed by atoms with Gasteiger partial charge in [-0.25, -0.2) is 17.8 Å². The van der Waals surface area contributed by atoms with Crippen LogP contribution in [0.1, 0.15) is 29.8 Å². The van der Waals surface area contributed by atoms with Gasteiger partial charge in [-0.2, -0.15) is 18.3 Å². The smallest absolute Gasteiger partial charge is 0.266 e. The van der Waals surface area contributed by atoms with E-state index in [2.05, 4.69) is 5.10 Å². The number of amides is 1. The first kappa shape index (κ1) is 22.0. The van der Waals surface area contributed by atoms with Crippen LogP contribution in [0.15, 0.2) is 53.9 Å². The van der Waals surface area contributed by atoms with Gasteiger partial charge < -0.3 is 0 Å². The van der Waals surface area contributed by atoms with Crippen LogP contribution in [0.3, 0.4) is 0 Å². The van der Waals surface area contributed by atoms with Crippen LogP contribution in [-0.2, 0) is 10.0 Å². The molecule has 0 fully saturated rings. The third kappa shape index (κ3) is 5.92. The van der Waals surface area contributed by atoms with E-state index in [4.69, 9.17) is 0 Å². The molecule has 1 amide bonds. The molecule has 0 radical (unpaired) electrons. The molecule has 11 heteroatoms. The first-order valence-corrected chi connectivity index (χ1v) is 11.5. The highest BCUT2D eigenvalue weighted by molar-refractivity contribution is 7.90. The molecular weight excluding hydrogens is 439 g/mol. The van der Waals surface area contributed by atoms with E-state index in [0.717, 1.165) is 4.88 Å². The fourth-order valence-electron chi connectivity index (χ4n) is 2.72. The maximum atomic E-state index is 12.5. The van der Waals surface area contributed by atoms with Crippen LogP contribution in [0.25, 0.3) is 16.3 Å². The fraction of sp³-hybridized carbons (Fsp3) is 0.263. The lowest BCUT2D eigenvalue weighted by Gasteiger charge is -2.07. The second-order valence-corrected chi connectivity index (χ2v) is 9.25. The number of alkyl halides is 3. The van der Waals surface area contributed by atoms with Crippen LogP contribution in [-0.4, -0.2) is 36.0 Å². The molecule has 0 aliphatic carbocycles. The summed E-state index contributed by atoms with van der Waals surface area (Å²) in [7, 11) is -4.08. The van der Waals surface area contributed by atoms with Crippen molar-refractivity contribution in [2.75, 3.05) is 5.75 Å². The molecule has 0 bridgehead atoms. The van der Waals surface area contributed by atoms with E-state index < -0.39 is 34.3 Å². The molecule has 0 spiro atoms. The zero-order valence-corrected chi connectivity index (χ0v) is 17.2. The number of benzene rings is 1. The summed E-state index contributed by atoms with van der Waals surface area (Å²) >= 11 is 1.44. The number of nitrogens with one attached hydrogen (secondary N) is 1. The Labute approximate surface area is 175 Å². The molecule has 3 rings (SSSR count). The Kier molecular flexibility index (Phi) is 6.61. The average Bonchev–Trinajstić information content (AvgIpc) is 3.34. The highest BCUT2D eigenvalue weighted by atomic mass is 32.2. The first-order chi connectivity index (χ1) is 14.1. The van der Waals surface area contributed by atoms with Crippen LogP contribution in [0.4, 0.5) is 13.2 Å².